The van der Waals surface area contributed by atoms with Gasteiger partial charge in [0.25, 0.3) is 0 Å². The monoisotopic (exact) mass is 246 g/mol. The van der Waals surface area contributed by atoms with Gasteiger partial charge in [0.05, 0.1) is 6.10 Å². The van der Waals surface area contributed by atoms with E-state index in [0.29, 0.717) is 11.5 Å². The number of methoxy groups -OCH3 is 1. The highest BCUT2D eigenvalue weighted by Gasteiger charge is 2.46. The number of benzene rings is 1. The Bertz CT molecular complexity index is 411. The lowest BCUT2D eigenvalue weighted by Gasteiger charge is -2.23. The minimum absolute atomic E-state index is 0.399. The van der Waals surface area contributed by atoms with Crippen LogP contribution in [0.15, 0.2) is 24.3 Å². The van der Waals surface area contributed by atoms with E-state index in [1.54, 1.807) is 0 Å². The van der Waals surface area contributed by atoms with E-state index in [2.05, 4.69) is 17.0 Å². The third-order valence-corrected chi connectivity index (χ3v) is 4.47. The van der Waals surface area contributed by atoms with Crippen LogP contribution in [0.25, 0.3) is 0 Å². The lowest BCUT2D eigenvalue weighted by atomic mass is 9.95. The molecule has 1 saturated carbocycles. The maximum atomic E-state index is 5.76. The van der Waals surface area contributed by atoms with Crippen molar-refractivity contribution in [1.82, 2.24) is 4.90 Å². The summed E-state index contributed by atoms with van der Waals surface area (Å²) in [7, 11) is 1.82. The van der Waals surface area contributed by atoms with E-state index in [9.17, 15) is 0 Å². The van der Waals surface area contributed by atoms with Crippen LogP contribution in [0.5, 0.6) is 0 Å². The maximum absolute atomic E-state index is 5.76. The van der Waals surface area contributed by atoms with Crippen molar-refractivity contribution in [2.24, 2.45) is 0 Å². The minimum Gasteiger partial charge on any atom is -0.399 e. The Kier molecular flexibility index (Phi) is 3.04. The fourth-order valence-corrected chi connectivity index (χ4v) is 3.09. The molecule has 2 fully saturated rings. The normalized spacial score (nSPS) is 26.4. The van der Waals surface area contributed by atoms with Crippen LogP contribution in [0.4, 0.5) is 5.69 Å². The molecule has 1 unspecified atom stereocenters. The van der Waals surface area contributed by atoms with Crippen molar-refractivity contribution < 1.29 is 4.74 Å². The van der Waals surface area contributed by atoms with Gasteiger partial charge in [-0.1, -0.05) is 12.1 Å². The highest BCUT2D eigenvalue weighted by atomic mass is 16.5. The molecular formula is C15H22N2O. The molecule has 0 aromatic heterocycles. The van der Waals surface area contributed by atoms with Crippen molar-refractivity contribution in [3.05, 3.63) is 29.8 Å². The number of anilines is 1. The van der Waals surface area contributed by atoms with Crippen molar-refractivity contribution in [3.63, 3.8) is 0 Å². The summed E-state index contributed by atoms with van der Waals surface area (Å²) >= 11 is 0. The zero-order chi connectivity index (χ0) is 12.6. The second-order valence-electron chi connectivity index (χ2n) is 5.78. The first kappa shape index (κ1) is 12.0. The quantitative estimate of drug-likeness (QED) is 0.826. The Morgan fingerprint density at radius 3 is 2.61 bits per heavy atom. The molecule has 3 rings (SSSR count). The fraction of sp³-hybridized carbons (Fsp3) is 0.600. The molecule has 3 heteroatoms. The summed E-state index contributed by atoms with van der Waals surface area (Å²) < 4.78 is 5.44. The summed E-state index contributed by atoms with van der Waals surface area (Å²) in [5, 5.41) is 0. The van der Waals surface area contributed by atoms with Gasteiger partial charge in [-0.25, -0.2) is 0 Å². The van der Waals surface area contributed by atoms with Gasteiger partial charge >= 0.3 is 0 Å². The molecule has 1 aromatic rings. The number of ether oxygens (including phenoxy) is 1. The van der Waals surface area contributed by atoms with Gasteiger partial charge in [0.15, 0.2) is 0 Å². The van der Waals surface area contributed by atoms with E-state index in [1.165, 1.54) is 37.9 Å². The second-order valence-corrected chi connectivity index (χ2v) is 5.78. The molecule has 3 nitrogen and oxygen atoms in total. The molecule has 1 aliphatic heterocycles. The summed E-state index contributed by atoms with van der Waals surface area (Å²) in [6, 6.07) is 8.45. The zero-order valence-corrected chi connectivity index (χ0v) is 11.1. The first-order chi connectivity index (χ1) is 8.72. The molecule has 1 atom stereocenters. The predicted octanol–water partition coefficient (Wildman–Crippen LogP) is 2.02. The number of hydrogen-bond donors (Lipinski definition) is 1. The Balaban J connectivity index is 1.67. The summed E-state index contributed by atoms with van der Waals surface area (Å²) in [6.07, 6.45) is 4.23. The summed E-state index contributed by atoms with van der Waals surface area (Å²) in [6.45, 7) is 3.44. The molecule has 0 radical (unpaired) electrons. The van der Waals surface area contributed by atoms with E-state index in [4.69, 9.17) is 10.5 Å². The maximum Gasteiger partial charge on any atom is 0.0710 e. The average Bonchev–Trinajstić information content (AvgIpc) is 3.01. The van der Waals surface area contributed by atoms with E-state index >= 15 is 0 Å². The largest absolute Gasteiger partial charge is 0.399 e. The van der Waals surface area contributed by atoms with Crippen LogP contribution in [0.3, 0.4) is 0 Å². The van der Waals surface area contributed by atoms with Gasteiger partial charge in [-0.15, -0.1) is 0 Å². The number of likely N-dealkylation sites (tertiary alicyclic amines) is 1. The minimum atomic E-state index is 0.399. The standard InChI is InChI=1S/C15H22N2O/c1-18-14-6-9-17(10-14)11-15(7-8-15)12-2-4-13(16)5-3-12/h2-5,14H,6-11,16H2,1H3. The molecule has 1 aliphatic carbocycles. The number of nitrogens with two attached hydrogens (primary N) is 1. The topological polar surface area (TPSA) is 38.5 Å². The molecule has 1 saturated heterocycles. The van der Waals surface area contributed by atoms with Crippen molar-refractivity contribution in [2.75, 3.05) is 32.5 Å². The van der Waals surface area contributed by atoms with Gasteiger partial charge in [-0.2, -0.15) is 0 Å². The first-order valence-electron chi connectivity index (χ1n) is 6.83. The third kappa shape index (κ3) is 2.25. The first-order valence-corrected chi connectivity index (χ1v) is 6.83. The molecule has 1 heterocycles. The SMILES string of the molecule is COC1CCN(CC2(c3ccc(N)cc3)CC2)C1. The van der Waals surface area contributed by atoms with E-state index in [0.717, 1.165) is 12.2 Å². The summed E-state index contributed by atoms with van der Waals surface area (Å²) in [4.78, 5) is 2.55. The molecule has 18 heavy (non-hydrogen) atoms. The van der Waals surface area contributed by atoms with Gasteiger partial charge in [-0.3, -0.25) is 4.90 Å². The number of hydrogen-bond acceptors (Lipinski definition) is 3. The van der Waals surface area contributed by atoms with Crippen LogP contribution in [-0.4, -0.2) is 37.7 Å². The van der Waals surface area contributed by atoms with E-state index in [1.807, 2.05) is 19.2 Å². The smallest absolute Gasteiger partial charge is 0.0710 e. The lowest BCUT2D eigenvalue weighted by molar-refractivity contribution is 0.107. The Hall–Kier alpha value is -1.06. The van der Waals surface area contributed by atoms with Crippen molar-refractivity contribution >= 4 is 5.69 Å². The average molecular weight is 246 g/mol. The summed E-state index contributed by atoms with van der Waals surface area (Å²) in [5.41, 5.74) is 8.48. The summed E-state index contributed by atoms with van der Waals surface area (Å²) in [5.74, 6) is 0. The number of nitrogens with zero attached hydrogens (tertiary/aromatic N) is 1. The molecule has 1 aromatic carbocycles. The Morgan fingerprint density at radius 1 is 1.33 bits per heavy atom. The van der Waals surface area contributed by atoms with E-state index in [-0.39, 0.29) is 0 Å². The lowest BCUT2D eigenvalue weighted by Crippen LogP contribution is -2.31. The molecule has 2 aliphatic rings. The van der Waals surface area contributed by atoms with Crippen LogP contribution in [-0.2, 0) is 10.2 Å². The second kappa shape index (κ2) is 4.56. The highest BCUT2D eigenvalue weighted by Crippen LogP contribution is 2.49. The van der Waals surface area contributed by atoms with Crippen LogP contribution in [0.2, 0.25) is 0 Å². The van der Waals surface area contributed by atoms with Crippen LogP contribution in [0.1, 0.15) is 24.8 Å². The Morgan fingerprint density at radius 2 is 2.06 bits per heavy atom. The third-order valence-electron chi connectivity index (χ3n) is 4.47. The van der Waals surface area contributed by atoms with Crippen LogP contribution >= 0.6 is 0 Å². The van der Waals surface area contributed by atoms with Crippen LogP contribution in [0, 0.1) is 0 Å². The molecule has 0 amide bonds. The van der Waals surface area contributed by atoms with Crippen molar-refractivity contribution in [2.45, 2.75) is 30.8 Å². The highest BCUT2D eigenvalue weighted by molar-refractivity contribution is 5.43. The molecule has 0 spiro atoms. The number of rotatable bonds is 4. The van der Waals surface area contributed by atoms with Gasteiger partial charge in [0, 0.05) is 37.8 Å². The predicted molar refractivity (Wildman–Crippen MR) is 73.6 cm³/mol. The molecule has 0 bridgehead atoms. The van der Waals surface area contributed by atoms with Gasteiger partial charge in [0.2, 0.25) is 0 Å². The molecule has 2 N–H and O–H groups in total. The van der Waals surface area contributed by atoms with Gasteiger partial charge in [0.1, 0.15) is 0 Å². The van der Waals surface area contributed by atoms with Gasteiger partial charge < -0.3 is 10.5 Å². The molecule has 98 valence electrons. The van der Waals surface area contributed by atoms with E-state index < -0.39 is 0 Å². The van der Waals surface area contributed by atoms with Crippen LogP contribution < -0.4 is 5.73 Å². The van der Waals surface area contributed by atoms with Crippen molar-refractivity contribution in [1.29, 1.82) is 0 Å². The van der Waals surface area contributed by atoms with Gasteiger partial charge in [-0.05, 0) is 37.0 Å². The van der Waals surface area contributed by atoms with Crippen molar-refractivity contribution in [3.8, 4) is 0 Å². The zero-order valence-electron chi connectivity index (χ0n) is 11.1. The Labute approximate surface area is 109 Å². The number of nitrogen functional groups attached to an aromatic ring is 1. The fourth-order valence-electron chi connectivity index (χ4n) is 3.09. The molecular weight excluding hydrogens is 224 g/mol.